The molecule has 29 heavy (non-hydrogen) atoms. The molecule has 0 aromatic heterocycles. The van der Waals surface area contributed by atoms with Gasteiger partial charge in [0, 0.05) is 9.80 Å². The van der Waals surface area contributed by atoms with E-state index in [0.717, 1.165) is 15.4 Å². The standard InChI is InChI=1S/C23H24O5S/c1-4-27-21(24)23(22(25)28-5-2)14-13-20(29-17-9-7-6-8-10-17)18-15-16(26-3)11-12-19(18)23/h6-13,15H,4-5,14H2,1-3H3. The Hall–Kier alpha value is -2.73. The Balaban J connectivity index is 2.14. The Kier molecular flexibility index (Phi) is 6.64. The van der Waals surface area contributed by atoms with Gasteiger partial charge in [-0.05, 0) is 55.7 Å². The maximum Gasteiger partial charge on any atom is 0.328 e. The topological polar surface area (TPSA) is 61.8 Å². The zero-order valence-corrected chi connectivity index (χ0v) is 17.6. The second-order valence-electron chi connectivity index (χ2n) is 6.45. The van der Waals surface area contributed by atoms with Gasteiger partial charge < -0.3 is 14.2 Å². The Morgan fingerprint density at radius 3 is 2.24 bits per heavy atom. The number of allylic oxidation sites excluding steroid dienone is 1. The van der Waals surface area contributed by atoms with Gasteiger partial charge in [-0.3, -0.25) is 9.59 Å². The smallest absolute Gasteiger partial charge is 0.328 e. The molecule has 0 saturated heterocycles. The predicted molar refractivity (Wildman–Crippen MR) is 113 cm³/mol. The first-order valence-electron chi connectivity index (χ1n) is 9.53. The van der Waals surface area contributed by atoms with E-state index in [4.69, 9.17) is 14.2 Å². The lowest BCUT2D eigenvalue weighted by molar-refractivity contribution is -0.164. The van der Waals surface area contributed by atoms with Crippen molar-refractivity contribution in [3.05, 3.63) is 65.7 Å². The van der Waals surface area contributed by atoms with E-state index in [-0.39, 0.29) is 19.6 Å². The summed E-state index contributed by atoms with van der Waals surface area (Å²) in [6, 6.07) is 15.3. The number of carbonyl (C=O) groups is 2. The maximum absolute atomic E-state index is 13.0. The average Bonchev–Trinajstić information content (AvgIpc) is 2.74. The molecule has 2 aromatic rings. The fraction of sp³-hybridized carbons (Fsp3) is 0.304. The summed E-state index contributed by atoms with van der Waals surface area (Å²) in [7, 11) is 1.59. The van der Waals surface area contributed by atoms with Gasteiger partial charge in [0.15, 0.2) is 5.41 Å². The van der Waals surface area contributed by atoms with Crippen molar-refractivity contribution in [2.45, 2.75) is 30.6 Å². The molecule has 0 bridgehead atoms. The van der Waals surface area contributed by atoms with Crippen LogP contribution in [-0.4, -0.2) is 32.3 Å². The van der Waals surface area contributed by atoms with Gasteiger partial charge in [0.2, 0.25) is 0 Å². The minimum atomic E-state index is -1.52. The molecule has 2 aromatic carbocycles. The van der Waals surface area contributed by atoms with Gasteiger partial charge in [-0.1, -0.05) is 42.1 Å². The fourth-order valence-corrected chi connectivity index (χ4v) is 4.38. The lowest BCUT2D eigenvalue weighted by atomic mass is 9.72. The fourth-order valence-electron chi connectivity index (χ4n) is 3.38. The SMILES string of the molecule is CCOC(=O)C1(C(=O)OCC)CC=C(Sc2ccccc2)c2cc(OC)ccc21. The van der Waals surface area contributed by atoms with Crippen LogP contribution in [0, 0.1) is 0 Å². The molecule has 0 saturated carbocycles. The summed E-state index contributed by atoms with van der Waals surface area (Å²) in [5, 5.41) is 0. The lowest BCUT2D eigenvalue weighted by Crippen LogP contribution is -2.47. The normalized spacial score (nSPS) is 14.4. The summed E-state index contributed by atoms with van der Waals surface area (Å²) < 4.78 is 16.0. The van der Waals surface area contributed by atoms with Crippen LogP contribution in [0.3, 0.4) is 0 Å². The minimum Gasteiger partial charge on any atom is -0.497 e. The van der Waals surface area contributed by atoms with Gasteiger partial charge in [0.25, 0.3) is 0 Å². The number of thioether (sulfide) groups is 1. The van der Waals surface area contributed by atoms with Crippen LogP contribution >= 0.6 is 11.8 Å². The highest BCUT2D eigenvalue weighted by molar-refractivity contribution is 8.08. The van der Waals surface area contributed by atoms with E-state index in [2.05, 4.69) is 0 Å². The van der Waals surface area contributed by atoms with E-state index >= 15 is 0 Å². The monoisotopic (exact) mass is 412 g/mol. The number of hydrogen-bond acceptors (Lipinski definition) is 6. The van der Waals surface area contributed by atoms with Gasteiger partial charge >= 0.3 is 11.9 Å². The number of methoxy groups -OCH3 is 1. The first kappa shape index (κ1) is 21.0. The van der Waals surface area contributed by atoms with Crippen molar-refractivity contribution in [1.82, 2.24) is 0 Å². The quantitative estimate of drug-likeness (QED) is 0.489. The minimum absolute atomic E-state index is 0.180. The molecule has 0 amide bonds. The Morgan fingerprint density at radius 1 is 1.00 bits per heavy atom. The summed E-state index contributed by atoms with van der Waals surface area (Å²) >= 11 is 1.58. The lowest BCUT2D eigenvalue weighted by Gasteiger charge is -2.34. The van der Waals surface area contributed by atoms with E-state index in [1.807, 2.05) is 42.5 Å². The molecule has 0 radical (unpaired) electrons. The second-order valence-corrected chi connectivity index (χ2v) is 7.56. The third kappa shape index (κ3) is 4.03. The number of esters is 2. The summed E-state index contributed by atoms with van der Waals surface area (Å²) in [4.78, 5) is 28.1. The Bertz CT molecular complexity index is 902. The molecule has 1 aliphatic carbocycles. The third-order valence-corrected chi connectivity index (χ3v) is 5.88. The van der Waals surface area contributed by atoms with E-state index in [9.17, 15) is 9.59 Å². The predicted octanol–water partition coefficient (Wildman–Crippen LogP) is 4.60. The number of fused-ring (bicyclic) bond motifs is 1. The molecular weight excluding hydrogens is 388 g/mol. The molecule has 0 aliphatic heterocycles. The van der Waals surface area contributed by atoms with E-state index in [1.165, 1.54) is 0 Å². The highest BCUT2D eigenvalue weighted by atomic mass is 32.2. The van der Waals surface area contributed by atoms with Crippen molar-refractivity contribution in [2.75, 3.05) is 20.3 Å². The van der Waals surface area contributed by atoms with Gasteiger partial charge in [-0.15, -0.1) is 0 Å². The highest BCUT2D eigenvalue weighted by Crippen LogP contribution is 2.47. The van der Waals surface area contributed by atoms with Crippen LogP contribution in [0.2, 0.25) is 0 Å². The zero-order chi connectivity index (χ0) is 20.9. The number of rotatable bonds is 7. The van der Waals surface area contributed by atoms with Crippen LogP contribution in [0.4, 0.5) is 0 Å². The van der Waals surface area contributed by atoms with Crippen LogP contribution in [0.15, 0.2) is 59.5 Å². The number of ether oxygens (including phenoxy) is 3. The van der Waals surface area contributed by atoms with Crippen molar-refractivity contribution < 1.29 is 23.8 Å². The molecular formula is C23H24O5S. The van der Waals surface area contributed by atoms with Crippen LogP contribution in [0.5, 0.6) is 5.75 Å². The Labute approximate surface area is 175 Å². The largest absolute Gasteiger partial charge is 0.497 e. The molecule has 0 atom stereocenters. The third-order valence-electron chi connectivity index (χ3n) is 4.76. The molecule has 0 heterocycles. The van der Waals surface area contributed by atoms with Crippen molar-refractivity contribution in [1.29, 1.82) is 0 Å². The van der Waals surface area contributed by atoms with E-state index in [0.29, 0.717) is 11.3 Å². The zero-order valence-electron chi connectivity index (χ0n) is 16.8. The van der Waals surface area contributed by atoms with Gasteiger partial charge in [-0.25, -0.2) is 0 Å². The average molecular weight is 413 g/mol. The molecule has 1 aliphatic rings. The number of benzene rings is 2. The Morgan fingerprint density at radius 2 is 1.66 bits per heavy atom. The molecule has 0 N–H and O–H groups in total. The maximum atomic E-state index is 13.0. The molecule has 0 fully saturated rings. The molecule has 0 spiro atoms. The molecule has 152 valence electrons. The van der Waals surface area contributed by atoms with Gasteiger partial charge in [0.1, 0.15) is 5.75 Å². The summed E-state index contributed by atoms with van der Waals surface area (Å²) in [6.07, 6.45) is 2.09. The van der Waals surface area contributed by atoms with Crippen molar-refractivity contribution >= 4 is 28.6 Å². The first-order chi connectivity index (χ1) is 14.1. The van der Waals surface area contributed by atoms with Crippen LogP contribution < -0.4 is 4.74 Å². The first-order valence-corrected chi connectivity index (χ1v) is 10.3. The molecule has 3 rings (SSSR count). The van der Waals surface area contributed by atoms with Crippen LogP contribution in [-0.2, 0) is 24.5 Å². The number of carbonyl (C=O) groups excluding carboxylic acids is 2. The van der Waals surface area contributed by atoms with Crippen LogP contribution in [0.25, 0.3) is 4.91 Å². The summed E-state index contributed by atoms with van der Waals surface area (Å²) in [5.74, 6) is -0.540. The molecule has 5 nitrogen and oxygen atoms in total. The highest BCUT2D eigenvalue weighted by Gasteiger charge is 2.53. The van der Waals surface area contributed by atoms with Gasteiger partial charge in [0.05, 0.1) is 20.3 Å². The summed E-state index contributed by atoms with van der Waals surface area (Å²) in [5.41, 5.74) is -0.171. The summed E-state index contributed by atoms with van der Waals surface area (Å²) in [6.45, 7) is 3.81. The van der Waals surface area contributed by atoms with Crippen LogP contribution in [0.1, 0.15) is 31.4 Å². The van der Waals surface area contributed by atoms with Crippen molar-refractivity contribution in [2.24, 2.45) is 0 Å². The number of hydrogen-bond donors (Lipinski definition) is 0. The van der Waals surface area contributed by atoms with Gasteiger partial charge in [-0.2, -0.15) is 0 Å². The molecule has 0 unspecified atom stereocenters. The van der Waals surface area contributed by atoms with E-state index < -0.39 is 17.4 Å². The van der Waals surface area contributed by atoms with Crippen molar-refractivity contribution in [3.8, 4) is 5.75 Å². The van der Waals surface area contributed by atoms with E-state index in [1.54, 1.807) is 44.9 Å². The molecule has 6 heteroatoms. The second kappa shape index (κ2) is 9.18. The van der Waals surface area contributed by atoms with Crippen molar-refractivity contribution in [3.63, 3.8) is 0 Å².